The first-order chi connectivity index (χ1) is 18.9. The number of H-pyrrole nitrogens is 1. The summed E-state index contributed by atoms with van der Waals surface area (Å²) in [6, 6.07) is 18.0. The van der Waals surface area contributed by atoms with Crippen LogP contribution in [-0.4, -0.2) is 47.8 Å². The smallest absolute Gasteiger partial charge is 0.242 e. The zero-order valence-electron chi connectivity index (χ0n) is 23.2. The van der Waals surface area contributed by atoms with E-state index in [4.69, 9.17) is 0 Å². The molecule has 3 atom stereocenters. The summed E-state index contributed by atoms with van der Waals surface area (Å²) in [5.41, 5.74) is 4.42. The van der Waals surface area contributed by atoms with Crippen LogP contribution < -0.4 is 16.0 Å². The first-order valence-corrected chi connectivity index (χ1v) is 14.4. The molecule has 0 aliphatic carbocycles. The fraction of sp³-hybridized carbons (Fsp3) is 0.469. The van der Waals surface area contributed by atoms with Gasteiger partial charge in [0.05, 0.1) is 5.92 Å². The van der Waals surface area contributed by atoms with Crippen LogP contribution in [-0.2, 0) is 20.8 Å². The molecule has 4 rings (SSSR count). The number of hydrogen-bond donors (Lipinski definition) is 4. The Labute approximate surface area is 231 Å². The number of amides is 2. The molecular weight excluding hydrogens is 488 g/mol. The summed E-state index contributed by atoms with van der Waals surface area (Å²) in [6.07, 6.45) is 6.03. The van der Waals surface area contributed by atoms with E-state index in [1.54, 1.807) is 6.92 Å². The van der Waals surface area contributed by atoms with E-state index >= 15 is 0 Å². The second kappa shape index (κ2) is 14.1. The van der Waals surface area contributed by atoms with Crippen LogP contribution in [0.1, 0.15) is 64.4 Å². The lowest BCUT2D eigenvalue weighted by Gasteiger charge is -2.30. The third kappa shape index (κ3) is 7.79. The fourth-order valence-corrected chi connectivity index (χ4v) is 5.59. The predicted octanol–water partition coefficient (Wildman–Crippen LogP) is 4.91. The average molecular weight is 531 g/mol. The summed E-state index contributed by atoms with van der Waals surface area (Å²) in [7, 11) is 0. The summed E-state index contributed by atoms with van der Waals surface area (Å²) >= 11 is 0. The van der Waals surface area contributed by atoms with Gasteiger partial charge in [-0.3, -0.25) is 9.59 Å². The van der Waals surface area contributed by atoms with Gasteiger partial charge < -0.3 is 25.7 Å². The van der Waals surface area contributed by atoms with Crippen molar-refractivity contribution in [3.8, 4) is 11.3 Å². The van der Waals surface area contributed by atoms with Crippen LogP contribution in [0.4, 0.5) is 0 Å². The van der Waals surface area contributed by atoms with Gasteiger partial charge in [0.1, 0.15) is 11.8 Å². The highest BCUT2D eigenvalue weighted by atomic mass is 16.2. The highest BCUT2D eigenvalue weighted by Gasteiger charge is 2.30. The molecule has 2 unspecified atom stereocenters. The summed E-state index contributed by atoms with van der Waals surface area (Å²) in [6.45, 7) is 5.03. The molecule has 208 valence electrons. The number of Topliss-reactive ketones (excluding diaryl/α,β-unsaturated/α-hetero) is 1. The Morgan fingerprint density at radius 1 is 1.00 bits per heavy atom. The fourth-order valence-electron chi connectivity index (χ4n) is 5.59. The summed E-state index contributed by atoms with van der Waals surface area (Å²) in [4.78, 5) is 41.3. The molecule has 0 saturated carbocycles. The zero-order valence-corrected chi connectivity index (χ0v) is 23.2. The standard InChI is InChI=1S/C32H42N4O3/c1-22(37)12-5-3-8-18-29(36-31(38)25-16-11-20-33-23(25)2)32(39)34-21-19-27-26-15-9-10-17-28(26)35-30(27)24-13-6-4-7-14-24/h4,6-7,9-10,13-15,17,23,25,29,33,35H,3,5,8,11-12,16,18-21H2,1-2H3,(H,34,39)(H,36,38)/t23?,25?,29-/m0/s1. The highest BCUT2D eigenvalue weighted by molar-refractivity contribution is 5.91. The van der Waals surface area contributed by atoms with Gasteiger partial charge in [0.2, 0.25) is 11.8 Å². The van der Waals surface area contributed by atoms with Gasteiger partial charge in [-0.15, -0.1) is 0 Å². The Balaban J connectivity index is 1.41. The predicted molar refractivity (Wildman–Crippen MR) is 156 cm³/mol. The van der Waals surface area contributed by atoms with Crippen molar-refractivity contribution < 1.29 is 14.4 Å². The van der Waals surface area contributed by atoms with E-state index in [0.29, 0.717) is 25.8 Å². The van der Waals surface area contributed by atoms with Crippen molar-refractivity contribution in [1.82, 2.24) is 20.9 Å². The maximum absolute atomic E-state index is 13.4. The number of aromatic amines is 1. The minimum Gasteiger partial charge on any atom is -0.354 e. The van der Waals surface area contributed by atoms with Crippen LogP contribution in [0.15, 0.2) is 54.6 Å². The largest absolute Gasteiger partial charge is 0.354 e. The lowest BCUT2D eigenvalue weighted by Crippen LogP contribution is -2.53. The topological polar surface area (TPSA) is 103 Å². The van der Waals surface area contributed by atoms with Crippen LogP contribution in [0.25, 0.3) is 22.2 Å². The van der Waals surface area contributed by atoms with Gasteiger partial charge in [0.25, 0.3) is 0 Å². The van der Waals surface area contributed by atoms with Crippen molar-refractivity contribution in [3.63, 3.8) is 0 Å². The van der Waals surface area contributed by atoms with Gasteiger partial charge >= 0.3 is 0 Å². The van der Waals surface area contributed by atoms with Gasteiger partial charge in [0.15, 0.2) is 0 Å². The number of hydrogen-bond acceptors (Lipinski definition) is 4. The van der Waals surface area contributed by atoms with E-state index in [9.17, 15) is 14.4 Å². The SMILES string of the molecule is CC(=O)CCCCC[C@H](NC(=O)C1CCCNC1C)C(=O)NCCc1c(-c2ccccc2)[nH]c2ccccc12. The van der Waals surface area contributed by atoms with Crippen molar-refractivity contribution in [2.45, 2.75) is 77.3 Å². The third-order valence-corrected chi connectivity index (χ3v) is 7.80. The molecule has 7 nitrogen and oxygen atoms in total. The molecule has 0 bridgehead atoms. The molecule has 7 heteroatoms. The number of fused-ring (bicyclic) bond motifs is 1. The van der Waals surface area contributed by atoms with Crippen LogP contribution in [0.5, 0.6) is 0 Å². The lowest BCUT2D eigenvalue weighted by molar-refractivity contribution is -0.132. The molecule has 2 amide bonds. The van der Waals surface area contributed by atoms with E-state index in [1.165, 1.54) is 5.56 Å². The maximum Gasteiger partial charge on any atom is 0.242 e. The molecule has 1 saturated heterocycles. The molecule has 1 fully saturated rings. The van der Waals surface area contributed by atoms with Crippen molar-refractivity contribution in [3.05, 3.63) is 60.2 Å². The van der Waals surface area contributed by atoms with Crippen molar-refractivity contribution in [2.75, 3.05) is 13.1 Å². The van der Waals surface area contributed by atoms with Gasteiger partial charge in [0, 0.05) is 35.6 Å². The second-order valence-corrected chi connectivity index (χ2v) is 10.8. The normalized spacial score (nSPS) is 18.0. The summed E-state index contributed by atoms with van der Waals surface area (Å²) < 4.78 is 0. The zero-order chi connectivity index (χ0) is 27.6. The number of carbonyl (C=O) groups is 3. The van der Waals surface area contributed by atoms with E-state index in [0.717, 1.165) is 60.8 Å². The minimum absolute atomic E-state index is 0.0541. The number of unbranched alkanes of at least 4 members (excludes halogenated alkanes) is 2. The number of aromatic nitrogens is 1. The number of rotatable bonds is 13. The van der Waals surface area contributed by atoms with Crippen molar-refractivity contribution >= 4 is 28.5 Å². The Morgan fingerprint density at radius 2 is 1.77 bits per heavy atom. The molecule has 2 heterocycles. The van der Waals surface area contributed by atoms with Crippen LogP contribution in [0.3, 0.4) is 0 Å². The van der Waals surface area contributed by atoms with Crippen LogP contribution in [0.2, 0.25) is 0 Å². The van der Waals surface area contributed by atoms with E-state index in [1.807, 2.05) is 37.3 Å². The number of piperidine rings is 1. The molecule has 3 aromatic rings. The number of para-hydroxylation sites is 1. The molecule has 0 radical (unpaired) electrons. The number of benzene rings is 2. The highest BCUT2D eigenvalue weighted by Crippen LogP contribution is 2.30. The van der Waals surface area contributed by atoms with E-state index < -0.39 is 6.04 Å². The Hall–Kier alpha value is -3.45. The lowest BCUT2D eigenvalue weighted by atomic mass is 9.90. The first kappa shape index (κ1) is 28.6. The van der Waals surface area contributed by atoms with Gasteiger partial charge in [-0.1, -0.05) is 61.4 Å². The van der Waals surface area contributed by atoms with Crippen molar-refractivity contribution in [1.29, 1.82) is 0 Å². The molecule has 4 N–H and O–H groups in total. The van der Waals surface area contributed by atoms with Gasteiger partial charge in [-0.05, 0) is 69.7 Å². The quantitative estimate of drug-likeness (QED) is 0.236. The second-order valence-electron chi connectivity index (χ2n) is 10.8. The van der Waals surface area contributed by atoms with E-state index in [2.05, 4.69) is 45.2 Å². The molecular formula is C32H42N4O3. The van der Waals surface area contributed by atoms with Gasteiger partial charge in [-0.2, -0.15) is 0 Å². The summed E-state index contributed by atoms with van der Waals surface area (Å²) in [5, 5.41) is 10.7. The molecule has 1 aliphatic heterocycles. The Morgan fingerprint density at radius 3 is 2.54 bits per heavy atom. The van der Waals surface area contributed by atoms with Crippen LogP contribution in [0, 0.1) is 5.92 Å². The van der Waals surface area contributed by atoms with Crippen molar-refractivity contribution in [2.24, 2.45) is 5.92 Å². The minimum atomic E-state index is -0.583. The number of ketones is 1. The number of nitrogens with one attached hydrogen (secondary N) is 4. The molecule has 2 aromatic carbocycles. The Kier molecular flexibility index (Phi) is 10.3. The van der Waals surface area contributed by atoms with Crippen LogP contribution >= 0.6 is 0 Å². The average Bonchev–Trinajstić information content (AvgIpc) is 3.31. The maximum atomic E-state index is 13.4. The van der Waals surface area contributed by atoms with E-state index in [-0.39, 0.29) is 29.6 Å². The molecule has 1 aliphatic rings. The first-order valence-electron chi connectivity index (χ1n) is 14.4. The Bertz CT molecular complexity index is 1250. The van der Waals surface area contributed by atoms with Gasteiger partial charge in [-0.25, -0.2) is 0 Å². The number of carbonyl (C=O) groups excluding carboxylic acids is 3. The molecule has 1 aromatic heterocycles. The monoisotopic (exact) mass is 530 g/mol. The third-order valence-electron chi connectivity index (χ3n) is 7.80. The molecule has 39 heavy (non-hydrogen) atoms. The summed E-state index contributed by atoms with van der Waals surface area (Å²) in [5.74, 6) is -0.149. The molecule has 0 spiro atoms.